The van der Waals surface area contributed by atoms with Crippen LogP contribution in [0.3, 0.4) is 0 Å². The van der Waals surface area contributed by atoms with Crippen LogP contribution in [0.25, 0.3) is 0 Å². The normalized spacial score (nSPS) is 22.4. The average molecular weight is 312 g/mol. The lowest BCUT2D eigenvalue weighted by molar-refractivity contribution is -0.133. The number of para-hydroxylation sites is 1. The first-order valence-corrected chi connectivity index (χ1v) is 8.76. The van der Waals surface area contributed by atoms with E-state index in [-0.39, 0.29) is 5.75 Å². The summed E-state index contributed by atoms with van der Waals surface area (Å²) in [7, 11) is 1.69. The van der Waals surface area contributed by atoms with Gasteiger partial charge in [0.05, 0.1) is 12.9 Å². The second kappa shape index (κ2) is 7.84. The molecule has 0 saturated heterocycles. The monoisotopic (exact) mass is 312 g/mol. The number of carboxylic acid groups (broad SMARTS) is 1. The molecule has 0 spiro atoms. The van der Waals surface area contributed by atoms with Crippen LogP contribution in [0.1, 0.15) is 25.7 Å². The van der Waals surface area contributed by atoms with Gasteiger partial charge in [-0.3, -0.25) is 4.79 Å². The predicted molar refractivity (Wildman–Crippen MR) is 85.0 cm³/mol. The second-order valence-corrected chi connectivity index (χ2v) is 7.34. The minimum Gasteiger partial charge on any atom is -0.496 e. The van der Waals surface area contributed by atoms with Gasteiger partial charge >= 0.3 is 5.97 Å². The van der Waals surface area contributed by atoms with E-state index in [9.17, 15) is 4.79 Å². The number of hydrogen-bond acceptors (Lipinski definition) is 4. The minimum atomic E-state index is -0.721. The number of carboxylic acids is 1. The van der Waals surface area contributed by atoms with Gasteiger partial charge in [0.1, 0.15) is 5.75 Å². The molecular weight excluding hydrogens is 292 g/mol. The van der Waals surface area contributed by atoms with Crippen LogP contribution in [-0.4, -0.2) is 34.4 Å². The number of aliphatic carboxylic acids is 1. The lowest BCUT2D eigenvalue weighted by Crippen LogP contribution is -2.25. The van der Waals surface area contributed by atoms with Gasteiger partial charge in [-0.25, -0.2) is 0 Å². The number of ether oxygens (including phenoxy) is 1. The van der Waals surface area contributed by atoms with Crippen LogP contribution in [-0.2, 0) is 4.79 Å². The van der Waals surface area contributed by atoms with Gasteiger partial charge in [0.15, 0.2) is 0 Å². The van der Waals surface area contributed by atoms with E-state index in [1.165, 1.54) is 12.8 Å². The molecule has 0 radical (unpaired) electrons. The Kier molecular flexibility index (Phi) is 6.10. The van der Waals surface area contributed by atoms with Crippen LogP contribution in [0, 0.1) is 0 Å². The van der Waals surface area contributed by atoms with Gasteiger partial charge in [-0.15, -0.1) is 23.5 Å². The zero-order valence-electron chi connectivity index (χ0n) is 11.6. The number of rotatable bonds is 6. The molecule has 1 aliphatic rings. The zero-order valence-corrected chi connectivity index (χ0v) is 13.2. The fourth-order valence-electron chi connectivity index (χ4n) is 2.45. The van der Waals surface area contributed by atoms with Crippen molar-refractivity contribution in [3.05, 3.63) is 24.3 Å². The molecule has 20 heavy (non-hydrogen) atoms. The van der Waals surface area contributed by atoms with E-state index in [1.807, 2.05) is 30.0 Å². The topological polar surface area (TPSA) is 46.5 Å². The molecule has 2 rings (SSSR count). The maximum Gasteiger partial charge on any atom is 0.313 e. The molecule has 1 N–H and O–H groups in total. The third-order valence-electron chi connectivity index (χ3n) is 3.41. The highest BCUT2D eigenvalue weighted by Gasteiger charge is 2.27. The van der Waals surface area contributed by atoms with Crippen molar-refractivity contribution < 1.29 is 14.6 Å². The minimum absolute atomic E-state index is 0.202. The number of methoxy groups -OCH3 is 1. The van der Waals surface area contributed by atoms with Crippen LogP contribution in [0.2, 0.25) is 0 Å². The molecule has 2 atom stereocenters. The summed E-state index contributed by atoms with van der Waals surface area (Å²) in [6.45, 7) is 0. The van der Waals surface area contributed by atoms with E-state index in [1.54, 1.807) is 18.9 Å². The second-order valence-electron chi connectivity index (χ2n) is 4.83. The van der Waals surface area contributed by atoms with E-state index >= 15 is 0 Å². The third-order valence-corrected chi connectivity index (χ3v) is 6.45. The first-order valence-electron chi connectivity index (χ1n) is 6.84. The Morgan fingerprint density at radius 1 is 1.30 bits per heavy atom. The number of benzene rings is 1. The molecule has 1 aromatic rings. The summed E-state index contributed by atoms with van der Waals surface area (Å²) in [5, 5.41) is 9.76. The molecule has 0 aliphatic heterocycles. The molecule has 1 aliphatic carbocycles. The summed E-state index contributed by atoms with van der Waals surface area (Å²) in [5.41, 5.74) is 0. The summed E-state index contributed by atoms with van der Waals surface area (Å²) in [6, 6.07) is 8.05. The number of hydrogen-bond donors (Lipinski definition) is 1. The van der Waals surface area contributed by atoms with Gasteiger partial charge in [0.2, 0.25) is 0 Å². The van der Waals surface area contributed by atoms with Crippen molar-refractivity contribution in [3.63, 3.8) is 0 Å². The van der Waals surface area contributed by atoms with Crippen LogP contribution >= 0.6 is 23.5 Å². The largest absolute Gasteiger partial charge is 0.496 e. The van der Waals surface area contributed by atoms with E-state index in [2.05, 4.69) is 6.07 Å². The van der Waals surface area contributed by atoms with Gasteiger partial charge in [-0.2, -0.15) is 0 Å². The summed E-state index contributed by atoms with van der Waals surface area (Å²) in [4.78, 5) is 11.9. The molecule has 110 valence electrons. The van der Waals surface area contributed by atoms with Gasteiger partial charge in [0.25, 0.3) is 0 Å². The fourth-order valence-corrected chi connectivity index (χ4v) is 5.21. The quantitative estimate of drug-likeness (QED) is 0.862. The summed E-state index contributed by atoms with van der Waals surface area (Å²) >= 11 is 3.42. The molecule has 3 nitrogen and oxygen atoms in total. The predicted octanol–water partition coefficient (Wildman–Crippen LogP) is 3.92. The molecule has 0 unspecified atom stereocenters. The maximum atomic E-state index is 10.8. The lowest BCUT2D eigenvalue weighted by atomic mass is 10.00. The van der Waals surface area contributed by atoms with Gasteiger partial charge in [0, 0.05) is 15.4 Å². The Bertz CT molecular complexity index is 450. The van der Waals surface area contributed by atoms with Crippen molar-refractivity contribution in [1.82, 2.24) is 0 Å². The van der Waals surface area contributed by atoms with E-state index in [0.29, 0.717) is 10.5 Å². The van der Waals surface area contributed by atoms with E-state index in [0.717, 1.165) is 23.5 Å². The van der Waals surface area contributed by atoms with Crippen molar-refractivity contribution in [2.24, 2.45) is 0 Å². The van der Waals surface area contributed by atoms with Gasteiger partial charge in [-0.1, -0.05) is 25.0 Å². The Morgan fingerprint density at radius 2 is 2.00 bits per heavy atom. The Balaban J connectivity index is 2.02. The smallest absolute Gasteiger partial charge is 0.313 e. The highest BCUT2D eigenvalue weighted by Crippen LogP contribution is 2.42. The molecule has 0 amide bonds. The fraction of sp³-hybridized carbons (Fsp3) is 0.533. The first-order chi connectivity index (χ1) is 9.70. The first kappa shape index (κ1) is 15.6. The Hall–Kier alpha value is -0.810. The number of thioether (sulfide) groups is 2. The summed E-state index contributed by atoms with van der Waals surface area (Å²) < 4.78 is 5.40. The standard InChI is InChI=1S/C15H20O3S2/c1-18-11-6-2-3-7-12(11)20-14-9-5-4-8-13(14)19-10-15(16)17/h2-3,6-7,13-14H,4-5,8-10H2,1H3,(H,16,17)/t13-,14-/m1/s1. The highest BCUT2D eigenvalue weighted by atomic mass is 32.2. The molecule has 1 saturated carbocycles. The van der Waals surface area contributed by atoms with Crippen LogP contribution < -0.4 is 4.74 Å². The van der Waals surface area contributed by atoms with Crippen LogP contribution in [0.4, 0.5) is 0 Å². The summed E-state index contributed by atoms with van der Waals surface area (Å²) in [5.74, 6) is 0.389. The van der Waals surface area contributed by atoms with Crippen LogP contribution in [0.5, 0.6) is 5.75 Å². The number of carbonyl (C=O) groups is 1. The van der Waals surface area contributed by atoms with E-state index < -0.39 is 5.97 Å². The maximum absolute atomic E-state index is 10.8. The van der Waals surface area contributed by atoms with Crippen molar-refractivity contribution in [3.8, 4) is 5.75 Å². The molecule has 1 fully saturated rings. The Morgan fingerprint density at radius 3 is 2.70 bits per heavy atom. The highest BCUT2D eigenvalue weighted by molar-refractivity contribution is 8.04. The van der Waals surface area contributed by atoms with Crippen molar-refractivity contribution in [1.29, 1.82) is 0 Å². The van der Waals surface area contributed by atoms with Gasteiger partial charge < -0.3 is 9.84 Å². The lowest BCUT2D eigenvalue weighted by Gasteiger charge is -2.30. The average Bonchev–Trinajstić information content (AvgIpc) is 2.47. The zero-order chi connectivity index (χ0) is 14.4. The molecule has 5 heteroatoms. The summed E-state index contributed by atoms with van der Waals surface area (Å²) in [6.07, 6.45) is 4.71. The SMILES string of the molecule is COc1ccccc1S[C@@H]1CCCC[C@H]1SCC(=O)O. The van der Waals surface area contributed by atoms with Crippen molar-refractivity contribution in [2.75, 3.05) is 12.9 Å². The molecule has 1 aromatic carbocycles. The Labute approximate surface area is 128 Å². The van der Waals surface area contributed by atoms with Crippen LogP contribution in [0.15, 0.2) is 29.2 Å². The van der Waals surface area contributed by atoms with Crippen molar-refractivity contribution >= 4 is 29.5 Å². The van der Waals surface area contributed by atoms with Gasteiger partial charge in [-0.05, 0) is 25.0 Å². The molecule has 0 aromatic heterocycles. The molecular formula is C15H20O3S2. The molecule has 0 bridgehead atoms. The van der Waals surface area contributed by atoms with E-state index in [4.69, 9.17) is 9.84 Å². The third kappa shape index (κ3) is 4.35. The molecule has 0 heterocycles. The van der Waals surface area contributed by atoms with Crippen molar-refractivity contribution in [2.45, 2.75) is 41.1 Å².